The molecule has 0 aromatic heterocycles. The van der Waals surface area contributed by atoms with Crippen LogP contribution in [0.4, 0.5) is 5.69 Å². The van der Waals surface area contributed by atoms with E-state index in [0.29, 0.717) is 10.6 Å². The Kier molecular flexibility index (Phi) is 2.74. The number of fused-ring (bicyclic) bond motifs is 2. The highest BCUT2D eigenvalue weighted by Crippen LogP contribution is 2.30. The third kappa shape index (κ3) is 1.68. The largest absolute Gasteiger partial charge is 0.314 e. The number of carbonyl (C=O) groups excluding carboxylic acids is 1. The summed E-state index contributed by atoms with van der Waals surface area (Å²) < 4.78 is 0. The number of hydrogen-bond acceptors (Lipinski definition) is 3. The van der Waals surface area contributed by atoms with E-state index in [1.807, 2.05) is 18.0 Å². The lowest BCUT2D eigenvalue weighted by molar-refractivity contribution is 0.0841. The van der Waals surface area contributed by atoms with Crippen molar-refractivity contribution < 1.29 is 4.79 Å². The van der Waals surface area contributed by atoms with E-state index in [-0.39, 0.29) is 5.91 Å². The first-order chi connectivity index (χ1) is 8.68. The zero-order chi connectivity index (χ0) is 12.7. The molecule has 0 saturated heterocycles. The van der Waals surface area contributed by atoms with Crippen LogP contribution in [0.1, 0.15) is 23.2 Å². The Labute approximate surface area is 111 Å². The molecule has 0 N–H and O–H groups in total. The second-order valence-electron chi connectivity index (χ2n) is 4.57. The molecule has 2 aliphatic heterocycles. The van der Waals surface area contributed by atoms with Gasteiger partial charge in [0.05, 0.1) is 11.3 Å². The summed E-state index contributed by atoms with van der Waals surface area (Å²) in [5.41, 5.74) is 1.53. The zero-order valence-corrected chi connectivity index (χ0v) is 10.9. The second kappa shape index (κ2) is 4.28. The summed E-state index contributed by atoms with van der Waals surface area (Å²) in [7, 11) is 1.94. The van der Waals surface area contributed by atoms with Crippen LogP contribution in [-0.2, 0) is 0 Å². The Morgan fingerprint density at radius 2 is 2.17 bits per heavy atom. The quantitative estimate of drug-likeness (QED) is 0.721. The van der Waals surface area contributed by atoms with Crippen molar-refractivity contribution in [2.45, 2.75) is 12.8 Å². The number of rotatable bonds is 0. The molecule has 2 aliphatic rings. The van der Waals surface area contributed by atoms with Crippen LogP contribution >= 0.6 is 11.6 Å². The predicted octanol–water partition coefficient (Wildman–Crippen LogP) is 2.38. The van der Waals surface area contributed by atoms with Crippen molar-refractivity contribution in [3.8, 4) is 0 Å². The van der Waals surface area contributed by atoms with Crippen LogP contribution in [0.5, 0.6) is 0 Å². The van der Waals surface area contributed by atoms with E-state index in [4.69, 9.17) is 11.6 Å². The number of guanidine groups is 1. The van der Waals surface area contributed by atoms with Gasteiger partial charge in [0.15, 0.2) is 0 Å². The molecule has 0 spiro atoms. The number of carbonyl (C=O) groups is 1. The fourth-order valence-corrected chi connectivity index (χ4v) is 2.62. The molecule has 1 aromatic carbocycles. The SMILES string of the molecule is CN1C2=NCCCCN2C(=O)c2cc(Cl)ccc21. The van der Waals surface area contributed by atoms with E-state index in [1.165, 1.54) is 0 Å². The van der Waals surface area contributed by atoms with Crippen molar-refractivity contribution >= 4 is 29.2 Å². The van der Waals surface area contributed by atoms with Gasteiger partial charge in [-0.05, 0) is 31.0 Å². The molecule has 94 valence electrons. The van der Waals surface area contributed by atoms with E-state index in [2.05, 4.69) is 4.99 Å². The summed E-state index contributed by atoms with van der Waals surface area (Å²) in [4.78, 5) is 20.7. The van der Waals surface area contributed by atoms with E-state index in [0.717, 1.165) is 37.6 Å². The standard InChI is InChI=1S/C13H14ClN3O/c1-16-11-5-4-9(14)8-10(11)12(18)17-7-3-2-6-15-13(16)17/h4-5,8H,2-3,6-7H2,1H3. The molecule has 2 heterocycles. The molecule has 0 aliphatic carbocycles. The number of aliphatic imine (C=N–C) groups is 1. The first kappa shape index (κ1) is 11.5. The molecule has 0 radical (unpaired) electrons. The van der Waals surface area contributed by atoms with Gasteiger partial charge in [0.25, 0.3) is 5.91 Å². The average Bonchev–Trinajstić information content (AvgIpc) is 2.61. The molecule has 5 heteroatoms. The second-order valence-corrected chi connectivity index (χ2v) is 5.00. The first-order valence-electron chi connectivity index (χ1n) is 6.08. The average molecular weight is 264 g/mol. The molecule has 3 rings (SSSR count). The maximum absolute atomic E-state index is 12.5. The highest BCUT2D eigenvalue weighted by Gasteiger charge is 2.33. The molecule has 1 amide bonds. The molecule has 0 fully saturated rings. The van der Waals surface area contributed by atoms with Crippen molar-refractivity contribution in [2.75, 3.05) is 25.0 Å². The first-order valence-corrected chi connectivity index (χ1v) is 6.46. The van der Waals surface area contributed by atoms with Crippen molar-refractivity contribution in [1.82, 2.24) is 4.90 Å². The minimum Gasteiger partial charge on any atom is -0.314 e. The maximum Gasteiger partial charge on any atom is 0.262 e. The van der Waals surface area contributed by atoms with Gasteiger partial charge in [-0.15, -0.1) is 0 Å². The minimum atomic E-state index is 0.00579. The number of benzene rings is 1. The van der Waals surface area contributed by atoms with Crippen LogP contribution in [0.15, 0.2) is 23.2 Å². The summed E-state index contributed by atoms with van der Waals surface area (Å²) in [5.74, 6) is 0.763. The summed E-state index contributed by atoms with van der Waals surface area (Å²) in [6, 6.07) is 5.41. The normalized spacial score (nSPS) is 19.0. The van der Waals surface area contributed by atoms with Crippen molar-refractivity contribution in [3.05, 3.63) is 28.8 Å². The van der Waals surface area contributed by atoms with Crippen molar-refractivity contribution in [3.63, 3.8) is 0 Å². The molecule has 0 saturated carbocycles. The Morgan fingerprint density at radius 3 is 3.00 bits per heavy atom. The van der Waals surface area contributed by atoms with E-state index < -0.39 is 0 Å². The number of amides is 1. The fraction of sp³-hybridized carbons (Fsp3) is 0.385. The van der Waals surface area contributed by atoms with E-state index in [9.17, 15) is 4.79 Å². The lowest BCUT2D eigenvalue weighted by Crippen LogP contribution is -2.50. The highest BCUT2D eigenvalue weighted by molar-refractivity contribution is 6.31. The Balaban J connectivity index is 2.14. The number of hydrogen-bond donors (Lipinski definition) is 0. The van der Waals surface area contributed by atoms with Gasteiger partial charge in [0.2, 0.25) is 5.96 Å². The van der Waals surface area contributed by atoms with Crippen LogP contribution in [0.3, 0.4) is 0 Å². The number of halogens is 1. The van der Waals surface area contributed by atoms with Crippen LogP contribution in [0.2, 0.25) is 5.02 Å². The smallest absolute Gasteiger partial charge is 0.262 e. The van der Waals surface area contributed by atoms with Gasteiger partial charge in [-0.3, -0.25) is 14.7 Å². The lowest BCUT2D eigenvalue weighted by atomic mass is 10.1. The topological polar surface area (TPSA) is 35.9 Å². The number of nitrogens with zero attached hydrogens (tertiary/aromatic N) is 3. The van der Waals surface area contributed by atoms with Gasteiger partial charge in [0, 0.05) is 25.2 Å². The van der Waals surface area contributed by atoms with Crippen LogP contribution in [-0.4, -0.2) is 36.9 Å². The summed E-state index contributed by atoms with van der Waals surface area (Å²) >= 11 is 5.98. The third-order valence-electron chi connectivity index (χ3n) is 3.38. The highest BCUT2D eigenvalue weighted by atomic mass is 35.5. The molecule has 0 bridgehead atoms. The van der Waals surface area contributed by atoms with Gasteiger partial charge >= 0.3 is 0 Å². The van der Waals surface area contributed by atoms with Gasteiger partial charge in [-0.1, -0.05) is 11.6 Å². The zero-order valence-electron chi connectivity index (χ0n) is 10.2. The van der Waals surface area contributed by atoms with Gasteiger partial charge in [-0.25, -0.2) is 0 Å². The predicted molar refractivity (Wildman–Crippen MR) is 72.4 cm³/mol. The van der Waals surface area contributed by atoms with E-state index in [1.54, 1.807) is 17.0 Å². The number of anilines is 1. The van der Waals surface area contributed by atoms with Crippen LogP contribution in [0.25, 0.3) is 0 Å². The third-order valence-corrected chi connectivity index (χ3v) is 3.62. The Hall–Kier alpha value is -1.55. The molecule has 18 heavy (non-hydrogen) atoms. The van der Waals surface area contributed by atoms with Crippen LogP contribution in [0, 0.1) is 0 Å². The molecule has 0 unspecified atom stereocenters. The molecule has 0 atom stereocenters. The van der Waals surface area contributed by atoms with E-state index >= 15 is 0 Å². The molecule has 4 nitrogen and oxygen atoms in total. The fourth-order valence-electron chi connectivity index (χ4n) is 2.45. The Morgan fingerprint density at radius 1 is 1.33 bits per heavy atom. The van der Waals surface area contributed by atoms with Crippen molar-refractivity contribution in [2.24, 2.45) is 4.99 Å². The van der Waals surface area contributed by atoms with Gasteiger partial charge in [0.1, 0.15) is 0 Å². The molecular weight excluding hydrogens is 250 g/mol. The molecular formula is C13H14ClN3O. The van der Waals surface area contributed by atoms with Gasteiger partial charge in [-0.2, -0.15) is 0 Å². The summed E-state index contributed by atoms with van der Waals surface area (Å²) in [6.07, 6.45) is 2.01. The van der Waals surface area contributed by atoms with Gasteiger partial charge < -0.3 is 4.90 Å². The molecule has 1 aromatic rings. The van der Waals surface area contributed by atoms with Crippen LogP contribution < -0.4 is 4.90 Å². The minimum absolute atomic E-state index is 0.00579. The monoisotopic (exact) mass is 263 g/mol. The Bertz CT molecular complexity index is 541. The lowest BCUT2D eigenvalue weighted by Gasteiger charge is -2.36. The maximum atomic E-state index is 12.5. The summed E-state index contributed by atoms with van der Waals surface area (Å²) in [5, 5.41) is 0.589. The summed E-state index contributed by atoms with van der Waals surface area (Å²) in [6.45, 7) is 1.51. The van der Waals surface area contributed by atoms with Crippen molar-refractivity contribution in [1.29, 1.82) is 0 Å².